The summed E-state index contributed by atoms with van der Waals surface area (Å²) < 4.78 is 17.0. The number of carbonyl (C=O) groups is 1. The fourth-order valence-electron chi connectivity index (χ4n) is 1.66. The molecule has 20 heavy (non-hydrogen) atoms. The van der Waals surface area contributed by atoms with Crippen LogP contribution in [0.5, 0.6) is 0 Å². The quantitative estimate of drug-likeness (QED) is 0.720. The van der Waals surface area contributed by atoms with Crippen LogP contribution < -0.4 is 5.32 Å². The molecular weight excluding hydrogens is 440 g/mol. The van der Waals surface area contributed by atoms with Gasteiger partial charge in [0.15, 0.2) is 0 Å². The molecule has 0 bridgehead atoms. The molecule has 1 amide bonds. The Labute approximate surface area is 138 Å². The van der Waals surface area contributed by atoms with Crippen molar-refractivity contribution in [1.82, 2.24) is 9.78 Å². The van der Waals surface area contributed by atoms with Crippen molar-refractivity contribution in [2.75, 3.05) is 5.32 Å². The predicted octanol–water partition coefficient (Wildman–Crippen LogP) is 3.73. The number of hydrogen-bond donors (Lipinski definition) is 1. The molecule has 0 radical (unpaired) electrons. The first-order chi connectivity index (χ1) is 9.47. The molecule has 0 aliphatic rings. The molecule has 0 atom stereocenters. The van der Waals surface area contributed by atoms with Crippen molar-refractivity contribution in [2.45, 2.75) is 19.9 Å². The number of anilines is 1. The molecular formula is C13H12BrFIN3O. The molecule has 0 spiro atoms. The lowest BCUT2D eigenvalue weighted by molar-refractivity contribution is -0.116. The van der Waals surface area contributed by atoms with Gasteiger partial charge in [-0.3, -0.25) is 9.48 Å². The van der Waals surface area contributed by atoms with Gasteiger partial charge in [-0.25, -0.2) is 4.39 Å². The van der Waals surface area contributed by atoms with E-state index in [1.807, 2.05) is 6.92 Å². The van der Waals surface area contributed by atoms with Gasteiger partial charge in [0.2, 0.25) is 5.91 Å². The van der Waals surface area contributed by atoms with E-state index >= 15 is 0 Å². The zero-order chi connectivity index (χ0) is 14.7. The number of hydrogen-bond acceptors (Lipinski definition) is 2. The number of aromatic nitrogens is 2. The van der Waals surface area contributed by atoms with Crippen molar-refractivity contribution >= 4 is 50.1 Å². The number of nitrogens with zero attached hydrogens (tertiary/aromatic N) is 2. The third-order valence-electron chi connectivity index (χ3n) is 2.80. The van der Waals surface area contributed by atoms with Crippen molar-refractivity contribution in [3.63, 3.8) is 0 Å². The van der Waals surface area contributed by atoms with Gasteiger partial charge < -0.3 is 5.32 Å². The minimum absolute atomic E-state index is 0.185. The first kappa shape index (κ1) is 15.4. The normalized spacial score (nSPS) is 10.6. The van der Waals surface area contributed by atoms with E-state index in [2.05, 4.69) is 48.9 Å². The number of carbonyl (C=O) groups excluding carboxylic acids is 1. The Bertz CT molecular complexity index is 645. The van der Waals surface area contributed by atoms with E-state index in [-0.39, 0.29) is 18.0 Å². The van der Waals surface area contributed by atoms with E-state index in [9.17, 15) is 9.18 Å². The molecule has 1 aromatic heterocycles. The lowest BCUT2D eigenvalue weighted by Crippen LogP contribution is -2.16. The molecule has 0 fully saturated rings. The summed E-state index contributed by atoms with van der Waals surface area (Å²) in [5.74, 6) is -0.700. The van der Waals surface area contributed by atoms with Crippen LogP contribution in [0, 0.1) is 16.3 Å². The van der Waals surface area contributed by atoms with Crippen molar-refractivity contribution in [1.29, 1.82) is 0 Å². The number of amides is 1. The van der Waals surface area contributed by atoms with Crippen LogP contribution in [0.25, 0.3) is 0 Å². The van der Waals surface area contributed by atoms with Crippen molar-refractivity contribution in [3.8, 4) is 0 Å². The molecule has 0 saturated carbocycles. The number of benzene rings is 1. The zero-order valence-corrected chi connectivity index (χ0v) is 14.4. The Morgan fingerprint density at radius 2 is 2.30 bits per heavy atom. The highest BCUT2D eigenvalue weighted by Gasteiger charge is 2.09. The molecule has 2 rings (SSSR count). The Hall–Kier alpha value is -0.960. The highest BCUT2D eigenvalue weighted by atomic mass is 127. The molecule has 4 nitrogen and oxygen atoms in total. The highest BCUT2D eigenvalue weighted by molar-refractivity contribution is 14.1. The van der Waals surface area contributed by atoms with Gasteiger partial charge in [-0.1, -0.05) is 15.9 Å². The summed E-state index contributed by atoms with van der Waals surface area (Å²) in [5.41, 5.74) is 1.21. The summed E-state index contributed by atoms with van der Waals surface area (Å²) in [6.45, 7) is 2.42. The van der Waals surface area contributed by atoms with Gasteiger partial charge in [-0.2, -0.15) is 5.10 Å². The van der Waals surface area contributed by atoms with Crippen LogP contribution >= 0.6 is 38.5 Å². The maximum absolute atomic E-state index is 13.6. The standard InChI is InChI=1S/C13H12BrFIN3O/c1-8-11(16)7-17-19(8)5-4-13(20)18-12-3-2-9(14)6-10(12)15/h2-3,6-7H,4-5H2,1H3,(H,18,20). The molecule has 0 unspecified atom stereocenters. The lowest BCUT2D eigenvalue weighted by Gasteiger charge is -2.08. The molecule has 2 aromatic rings. The second-order valence-electron chi connectivity index (χ2n) is 4.22. The Morgan fingerprint density at radius 1 is 1.55 bits per heavy atom. The fraction of sp³-hybridized carbons (Fsp3) is 0.231. The van der Waals surface area contributed by atoms with E-state index in [0.717, 1.165) is 9.26 Å². The second kappa shape index (κ2) is 6.66. The summed E-state index contributed by atoms with van der Waals surface area (Å²) in [6, 6.07) is 4.52. The minimum Gasteiger partial charge on any atom is -0.324 e. The van der Waals surface area contributed by atoms with Crippen LogP contribution in [0.3, 0.4) is 0 Å². The van der Waals surface area contributed by atoms with E-state index < -0.39 is 5.82 Å². The van der Waals surface area contributed by atoms with Crippen LogP contribution in [0.2, 0.25) is 0 Å². The topological polar surface area (TPSA) is 46.9 Å². The number of rotatable bonds is 4. The first-order valence-corrected chi connectivity index (χ1v) is 7.77. The van der Waals surface area contributed by atoms with Crippen LogP contribution in [0.15, 0.2) is 28.9 Å². The Balaban J connectivity index is 1.94. The molecule has 1 heterocycles. The van der Waals surface area contributed by atoms with Gasteiger partial charge in [0, 0.05) is 16.6 Å². The van der Waals surface area contributed by atoms with Crippen LogP contribution in [-0.4, -0.2) is 15.7 Å². The number of nitrogens with one attached hydrogen (secondary N) is 1. The summed E-state index contributed by atoms with van der Waals surface area (Å²) >= 11 is 5.36. The van der Waals surface area contributed by atoms with Crippen molar-refractivity contribution in [2.24, 2.45) is 0 Å². The third-order valence-corrected chi connectivity index (χ3v) is 4.35. The maximum Gasteiger partial charge on any atom is 0.226 e. The van der Waals surface area contributed by atoms with Crippen molar-refractivity contribution < 1.29 is 9.18 Å². The summed E-state index contributed by atoms with van der Waals surface area (Å²) in [5, 5.41) is 6.73. The van der Waals surface area contributed by atoms with Gasteiger partial charge in [0.25, 0.3) is 0 Å². The van der Waals surface area contributed by atoms with Gasteiger partial charge in [-0.15, -0.1) is 0 Å². The van der Waals surface area contributed by atoms with Gasteiger partial charge in [0.05, 0.1) is 22.0 Å². The summed E-state index contributed by atoms with van der Waals surface area (Å²) in [7, 11) is 0. The molecule has 1 N–H and O–H groups in total. The molecule has 7 heteroatoms. The van der Waals surface area contributed by atoms with Crippen LogP contribution in [-0.2, 0) is 11.3 Å². The van der Waals surface area contributed by atoms with Crippen LogP contribution in [0.4, 0.5) is 10.1 Å². The molecule has 0 saturated heterocycles. The monoisotopic (exact) mass is 451 g/mol. The van der Waals surface area contributed by atoms with E-state index in [1.54, 1.807) is 16.9 Å². The zero-order valence-electron chi connectivity index (χ0n) is 10.7. The molecule has 0 aliphatic heterocycles. The van der Waals surface area contributed by atoms with E-state index in [4.69, 9.17) is 0 Å². The second-order valence-corrected chi connectivity index (χ2v) is 6.30. The van der Waals surface area contributed by atoms with E-state index in [0.29, 0.717) is 11.0 Å². The highest BCUT2D eigenvalue weighted by Crippen LogP contribution is 2.19. The van der Waals surface area contributed by atoms with Crippen LogP contribution in [0.1, 0.15) is 12.1 Å². The third kappa shape index (κ3) is 3.78. The number of aryl methyl sites for hydroxylation is 1. The average molecular weight is 452 g/mol. The maximum atomic E-state index is 13.6. The molecule has 1 aromatic carbocycles. The van der Waals surface area contributed by atoms with Gasteiger partial charge in [0.1, 0.15) is 5.82 Å². The molecule has 106 valence electrons. The Morgan fingerprint density at radius 3 is 2.90 bits per heavy atom. The fourth-order valence-corrected chi connectivity index (χ4v) is 2.40. The molecule has 0 aliphatic carbocycles. The van der Waals surface area contributed by atoms with Gasteiger partial charge >= 0.3 is 0 Å². The largest absolute Gasteiger partial charge is 0.324 e. The van der Waals surface area contributed by atoms with E-state index in [1.165, 1.54) is 12.1 Å². The SMILES string of the molecule is Cc1c(I)cnn1CCC(=O)Nc1ccc(Br)cc1F. The minimum atomic E-state index is -0.461. The van der Waals surface area contributed by atoms with Crippen molar-refractivity contribution in [3.05, 3.63) is 43.9 Å². The lowest BCUT2D eigenvalue weighted by atomic mass is 10.3. The first-order valence-electron chi connectivity index (χ1n) is 5.90. The number of halogens is 3. The summed E-state index contributed by atoms with van der Waals surface area (Å²) in [4.78, 5) is 11.8. The smallest absolute Gasteiger partial charge is 0.226 e. The summed E-state index contributed by atoms with van der Waals surface area (Å²) in [6.07, 6.45) is 2.00. The predicted molar refractivity (Wildman–Crippen MR) is 87.0 cm³/mol. The Kier molecular flexibility index (Phi) is 5.14. The van der Waals surface area contributed by atoms with Gasteiger partial charge in [-0.05, 0) is 47.7 Å². The average Bonchev–Trinajstić information content (AvgIpc) is 2.71.